The minimum absolute atomic E-state index is 0.200. The fourth-order valence-corrected chi connectivity index (χ4v) is 2.51. The Morgan fingerprint density at radius 3 is 2.68 bits per heavy atom. The van der Waals surface area contributed by atoms with Crippen molar-refractivity contribution in [2.75, 3.05) is 25.5 Å². The van der Waals surface area contributed by atoms with Crippen LogP contribution in [0.3, 0.4) is 0 Å². The van der Waals surface area contributed by atoms with Gasteiger partial charge in [-0.25, -0.2) is 0 Å². The number of rotatable bonds is 3. The molecule has 1 aromatic rings. The second-order valence-corrected chi connectivity index (χ2v) is 5.46. The molecular formula is C13H16Cl2N2O2. The van der Waals surface area contributed by atoms with Gasteiger partial charge in [0.15, 0.2) is 0 Å². The summed E-state index contributed by atoms with van der Waals surface area (Å²) in [6, 6.07) is 3.05. The summed E-state index contributed by atoms with van der Waals surface area (Å²) < 4.78 is 5.36. The number of amides is 1. The molecule has 104 valence electrons. The zero-order valence-electron chi connectivity index (χ0n) is 10.4. The third-order valence-electron chi connectivity index (χ3n) is 3.15. The lowest BCUT2D eigenvalue weighted by molar-refractivity contribution is 0.0536. The number of hydrogen-bond acceptors (Lipinski definition) is 3. The van der Waals surface area contributed by atoms with Crippen molar-refractivity contribution in [2.24, 2.45) is 5.92 Å². The minimum atomic E-state index is -0.200. The van der Waals surface area contributed by atoms with Crippen LogP contribution < -0.4 is 11.1 Å². The Kier molecular flexibility index (Phi) is 4.91. The Bertz CT molecular complexity index is 451. The topological polar surface area (TPSA) is 64.4 Å². The predicted molar refractivity (Wildman–Crippen MR) is 76.8 cm³/mol. The first-order valence-electron chi connectivity index (χ1n) is 6.18. The number of halogens is 2. The van der Waals surface area contributed by atoms with E-state index in [1.54, 1.807) is 0 Å². The molecule has 1 saturated heterocycles. The number of hydrogen-bond donors (Lipinski definition) is 2. The summed E-state index contributed by atoms with van der Waals surface area (Å²) in [5.41, 5.74) is 6.34. The number of carbonyl (C=O) groups excluding carboxylic acids is 1. The summed E-state index contributed by atoms with van der Waals surface area (Å²) in [5.74, 6) is 0.173. The Balaban J connectivity index is 1.96. The van der Waals surface area contributed by atoms with Crippen molar-refractivity contribution in [3.8, 4) is 0 Å². The Labute approximate surface area is 122 Å². The highest BCUT2D eigenvalue weighted by Gasteiger charge is 2.16. The molecule has 1 heterocycles. The number of ether oxygens (including phenoxy) is 1. The van der Waals surface area contributed by atoms with E-state index in [1.165, 1.54) is 12.1 Å². The highest BCUT2D eigenvalue weighted by atomic mass is 35.5. The third kappa shape index (κ3) is 3.75. The molecule has 6 heteroatoms. The highest BCUT2D eigenvalue weighted by Crippen LogP contribution is 2.28. The average Bonchev–Trinajstić information content (AvgIpc) is 2.42. The maximum Gasteiger partial charge on any atom is 0.251 e. The molecule has 0 aromatic heterocycles. The Morgan fingerprint density at radius 2 is 2.11 bits per heavy atom. The Morgan fingerprint density at radius 1 is 1.42 bits per heavy atom. The van der Waals surface area contributed by atoms with E-state index in [-0.39, 0.29) is 5.91 Å². The van der Waals surface area contributed by atoms with Crippen molar-refractivity contribution in [1.29, 1.82) is 0 Å². The van der Waals surface area contributed by atoms with Crippen LogP contribution in [0.1, 0.15) is 23.2 Å². The number of nitrogens with two attached hydrogens (primary N) is 1. The van der Waals surface area contributed by atoms with Gasteiger partial charge in [-0.05, 0) is 30.9 Å². The SMILES string of the molecule is Nc1c(Cl)cc(C(=O)NCC2CCCOC2)cc1Cl. The smallest absolute Gasteiger partial charge is 0.251 e. The van der Waals surface area contributed by atoms with Crippen LogP contribution in [0, 0.1) is 5.92 Å². The molecule has 1 atom stereocenters. The van der Waals surface area contributed by atoms with Crippen molar-refractivity contribution >= 4 is 34.8 Å². The molecule has 4 nitrogen and oxygen atoms in total. The largest absolute Gasteiger partial charge is 0.396 e. The van der Waals surface area contributed by atoms with Gasteiger partial charge in [0.05, 0.1) is 22.3 Å². The van der Waals surface area contributed by atoms with Crippen LogP contribution in [0.15, 0.2) is 12.1 Å². The lowest BCUT2D eigenvalue weighted by atomic mass is 10.0. The van der Waals surface area contributed by atoms with Gasteiger partial charge in [0.1, 0.15) is 0 Å². The van der Waals surface area contributed by atoms with Gasteiger partial charge in [0.2, 0.25) is 0 Å². The van der Waals surface area contributed by atoms with Gasteiger partial charge < -0.3 is 15.8 Å². The molecule has 1 aromatic carbocycles. The molecular weight excluding hydrogens is 287 g/mol. The van der Waals surface area contributed by atoms with Crippen LogP contribution >= 0.6 is 23.2 Å². The molecule has 1 unspecified atom stereocenters. The molecule has 3 N–H and O–H groups in total. The molecule has 0 spiro atoms. The van der Waals surface area contributed by atoms with Crippen LogP contribution in [-0.4, -0.2) is 25.7 Å². The number of nitrogen functional groups attached to an aromatic ring is 1. The summed E-state index contributed by atoms with van der Waals surface area (Å²) in [6.07, 6.45) is 2.11. The summed E-state index contributed by atoms with van der Waals surface area (Å²) >= 11 is 11.8. The molecule has 1 aliphatic heterocycles. The van der Waals surface area contributed by atoms with Gasteiger partial charge in [0, 0.05) is 18.7 Å². The molecule has 1 amide bonds. The highest BCUT2D eigenvalue weighted by molar-refractivity contribution is 6.39. The van der Waals surface area contributed by atoms with Gasteiger partial charge in [0.25, 0.3) is 5.91 Å². The Hall–Kier alpha value is -0.970. The van der Waals surface area contributed by atoms with E-state index in [0.717, 1.165) is 19.4 Å². The number of carbonyl (C=O) groups is 1. The van der Waals surface area contributed by atoms with Crippen molar-refractivity contribution in [2.45, 2.75) is 12.8 Å². The number of benzene rings is 1. The molecule has 0 radical (unpaired) electrons. The fourth-order valence-electron chi connectivity index (χ4n) is 2.02. The molecule has 2 rings (SSSR count). The molecule has 0 bridgehead atoms. The van der Waals surface area contributed by atoms with Gasteiger partial charge in [-0.1, -0.05) is 23.2 Å². The average molecular weight is 303 g/mol. The summed E-state index contributed by atoms with van der Waals surface area (Å²) in [5, 5.41) is 3.45. The van der Waals surface area contributed by atoms with E-state index >= 15 is 0 Å². The van der Waals surface area contributed by atoms with Crippen LogP contribution in [0.25, 0.3) is 0 Å². The normalized spacial score (nSPS) is 19.2. The van der Waals surface area contributed by atoms with Gasteiger partial charge >= 0.3 is 0 Å². The number of anilines is 1. The quantitative estimate of drug-likeness (QED) is 0.844. The molecule has 0 aliphatic carbocycles. The molecule has 19 heavy (non-hydrogen) atoms. The van der Waals surface area contributed by atoms with E-state index in [0.29, 0.717) is 40.4 Å². The summed E-state index contributed by atoms with van der Waals surface area (Å²) in [4.78, 5) is 12.0. The lowest BCUT2D eigenvalue weighted by Crippen LogP contribution is -2.33. The fraction of sp³-hybridized carbons (Fsp3) is 0.462. The second-order valence-electron chi connectivity index (χ2n) is 4.65. The van der Waals surface area contributed by atoms with E-state index in [1.807, 2.05) is 0 Å². The van der Waals surface area contributed by atoms with Crippen molar-refractivity contribution < 1.29 is 9.53 Å². The molecule has 0 saturated carbocycles. The maximum absolute atomic E-state index is 12.0. The van der Waals surface area contributed by atoms with Gasteiger partial charge in [-0.2, -0.15) is 0 Å². The zero-order chi connectivity index (χ0) is 13.8. The van der Waals surface area contributed by atoms with Crippen LogP contribution in [0.2, 0.25) is 10.0 Å². The van der Waals surface area contributed by atoms with Crippen LogP contribution in [0.5, 0.6) is 0 Å². The molecule has 1 aliphatic rings. The summed E-state index contributed by atoms with van der Waals surface area (Å²) in [6.45, 7) is 2.11. The first-order valence-corrected chi connectivity index (χ1v) is 6.94. The van der Waals surface area contributed by atoms with Gasteiger partial charge in [-0.3, -0.25) is 4.79 Å². The monoisotopic (exact) mass is 302 g/mol. The van der Waals surface area contributed by atoms with Crippen LogP contribution in [0.4, 0.5) is 5.69 Å². The molecule has 1 fully saturated rings. The van der Waals surface area contributed by atoms with Crippen molar-refractivity contribution in [3.05, 3.63) is 27.7 Å². The first kappa shape index (κ1) is 14.4. The first-order chi connectivity index (χ1) is 9.08. The standard InChI is InChI=1S/C13H16Cl2N2O2/c14-10-4-9(5-11(15)12(10)16)13(18)17-6-8-2-1-3-19-7-8/h4-5,8H,1-3,6-7,16H2,(H,17,18). The maximum atomic E-state index is 12.0. The number of nitrogens with one attached hydrogen (secondary N) is 1. The minimum Gasteiger partial charge on any atom is -0.396 e. The van der Waals surface area contributed by atoms with Crippen molar-refractivity contribution in [1.82, 2.24) is 5.32 Å². The van der Waals surface area contributed by atoms with Gasteiger partial charge in [-0.15, -0.1) is 0 Å². The van der Waals surface area contributed by atoms with Crippen LogP contribution in [-0.2, 0) is 4.74 Å². The second kappa shape index (κ2) is 6.46. The van der Waals surface area contributed by atoms with Crippen molar-refractivity contribution in [3.63, 3.8) is 0 Å². The third-order valence-corrected chi connectivity index (χ3v) is 3.77. The zero-order valence-corrected chi connectivity index (χ0v) is 11.9. The van der Waals surface area contributed by atoms with E-state index in [9.17, 15) is 4.79 Å². The van der Waals surface area contributed by atoms with E-state index in [4.69, 9.17) is 33.7 Å². The van der Waals surface area contributed by atoms with E-state index in [2.05, 4.69) is 5.32 Å². The predicted octanol–water partition coefficient (Wildman–Crippen LogP) is 2.73. The summed E-state index contributed by atoms with van der Waals surface area (Å²) in [7, 11) is 0. The lowest BCUT2D eigenvalue weighted by Gasteiger charge is -2.22. The van der Waals surface area contributed by atoms with E-state index < -0.39 is 0 Å².